The third-order valence-corrected chi connectivity index (χ3v) is 13.3. The molecule has 0 aromatic heterocycles. The number of rotatable bonds is 51. The molecular formula is C61H109N2O6P. The molecule has 0 rings (SSSR count). The predicted molar refractivity (Wildman–Crippen MR) is 302 cm³/mol. The molecule has 0 aliphatic carbocycles. The summed E-state index contributed by atoms with van der Waals surface area (Å²) in [4.78, 5) is 25.4. The Morgan fingerprint density at radius 1 is 0.514 bits per heavy atom. The zero-order valence-electron chi connectivity index (χ0n) is 45.9. The number of nitrogens with one attached hydrogen (secondary N) is 1. The van der Waals surface area contributed by atoms with Gasteiger partial charge in [-0.25, -0.2) is 0 Å². The van der Waals surface area contributed by atoms with Crippen LogP contribution in [-0.2, 0) is 18.4 Å². The van der Waals surface area contributed by atoms with Crippen molar-refractivity contribution in [1.29, 1.82) is 0 Å². The van der Waals surface area contributed by atoms with Gasteiger partial charge in [-0.2, -0.15) is 0 Å². The number of aliphatic hydroxyl groups excluding tert-OH is 1. The summed E-state index contributed by atoms with van der Waals surface area (Å²) >= 11 is 0. The van der Waals surface area contributed by atoms with Crippen molar-refractivity contribution in [3.63, 3.8) is 0 Å². The number of nitrogens with zero attached hydrogens (tertiary/aromatic N) is 1. The molecule has 0 bridgehead atoms. The maximum Gasteiger partial charge on any atom is 0.268 e. The first-order valence-corrected chi connectivity index (χ1v) is 30.0. The van der Waals surface area contributed by atoms with Crippen molar-refractivity contribution >= 4 is 13.7 Å². The fourth-order valence-electron chi connectivity index (χ4n) is 7.88. The van der Waals surface area contributed by atoms with Gasteiger partial charge in [-0.1, -0.05) is 246 Å². The number of phosphoric ester groups is 1. The summed E-state index contributed by atoms with van der Waals surface area (Å²) in [6, 6.07) is -0.803. The Bertz CT molecular complexity index is 1460. The summed E-state index contributed by atoms with van der Waals surface area (Å²) in [7, 11) is 1.30. The van der Waals surface area contributed by atoms with Crippen LogP contribution < -0.4 is 10.2 Å². The molecule has 0 saturated heterocycles. The lowest BCUT2D eigenvalue weighted by atomic mass is 10.0. The molecule has 2 N–H and O–H groups in total. The van der Waals surface area contributed by atoms with E-state index in [9.17, 15) is 19.4 Å². The van der Waals surface area contributed by atoms with Crippen LogP contribution in [0.3, 0.4) is 0 Å². The number of aliphatic hydroxyl groups is 1. The molecule has 0 saturated carbocycles. The largest absolute Gasteiger partial charge is 0.756 e. The molecule has 3 atom stereocenters. The highest BCUT2D eigenvalue weighted by atomic mass is 31.2. The quantitative estimate of drug-likeness (QED) is 0.0272. The maximum absolute atomic E-state index is 12.9. The minimum Gasteiger partial charge on any atom is -0.756 e. The van der Waals surface area contributed by atoms with Crippen molar-refractivity contribution < 1.29 is 32.9 Å². The normalized spacial score (nSPS) is 14.7. The molecule has 0 radical (unpaired) electrons. The van der Waals surface area contributed by atoms with Crippen LogP contribution in [-0.4, -0.2) is 68.5 Å². The van der Waals surface area contributed by atoms with Gasteiger partial charge in [-0.05, 0) is 77.0 Å². The number of carbonyl (C=O) groups excluding carboxylic acids is 1. The molecular weight excluding hydrogens is 888 g/mol. The van der Waals surface area contributed by atoms with Gasteiger partial charge in [0.1, 0.15) is 13.2 Å². The molecule has 404 valence electrons. The SMILES string of the molecule is CC/C=C\C/C=C\C/C=C\C/C=C\C/C=C\C/C=C\C/C=C\C/C=C\CCCCCCCCCCCCCCCCC(=O)NC(COP(=O)([O-])OCC[N+](C)(C)C)C(O)CCCCCCCCCCC. The third-order valence-electron chi connectivity index (χ3n) is 12.3. The molecule has 70 heavy (non-hydrogen) atoms. The second-order valence-electron chi connectivity index (χ2n) is 20.3. The van der Waals surface area contributed by atoms with Crippen LogP contribution in [0.1, 0.15) is 232 Å². The number of phosphoric acid groups is 1. The minimum absolute atomic E-state index is 0.00903. The highest BCUT2D eigenvalue weighted by molar-refractivity contribution is 7.45. The number of quaternary nitrogens is 1. The van der Waals surface area contributed by atoms with E-state index in [-0.39, 0.29) is 19.1 Å². The molecule has 0 aromatic rings. The van der Waals surface area contributed by atoms with Gasteiger partial charge in [0.15, 0.2) is 0 Å². The predicted octanol–water partition coefficient (Wildman–Crippen LogP) is 16.8. The molecule has 0 aromatic carbocycles. The highest BCUT2D eigenvalue weighted by Gasteiger charge is 2.24. The van der Waals surface area contributed by atoms with Crippen molar-refractivity contribution in [3.05, 3.63) is 97.2 Å². The lowest BCUT2D eigenvalue weighted by Crippen LogP contribution is -2.46. The van der Waals surface area contributed by atoms with E-state index in [1.807, 2.05) is 21.1 Å². The smallest absolute Gasteiger partial charge is 0.268 e. The fraction of sp³-hybridized carbons (Fsp3) is 0.721. The van der Waals surface area contributed by atoms with Gasteiger partial charge in [0.2, 0.25) is 5.91 Å². The van der Waals surface area contributed by atoms with Crippen LogP contribution in [0.15, 0.2) is 97.2 Å². The van der Waals surface area contributed by atoms with Gasteiger partial charge in [0.05, 0.1) is 39.9 Å². The average molecular weight is 998 g/mol. The van der Waals surface area contributed by atoms with Crippen LogP contribution in [0.25, 0.3) is 0 Å². The molecule has 0 fully saturated rings. The Morgan fingerprint density at radius 3 is 1.27 bits per heavy atom. The average Bonchev–Trinajstić information content (AvgIpc) is 3.32. The van der Waals surface area contributed by atoms with E-state index >= 15 is 0 Å². The summed E-state index contributed by atoms with van der Waals surface area (Å²) in [5, 5.41) is 13.9. The van der Waals surface area contributed by atoms with Crippen LogP contribution in [0.2, 0.25) is 0 Å². The van der Waals surface area contributed by atoms with Gasteiger partial charge in [-0.15, -0.1) is 0 Å². The van der Waals surface area contributed by atoms with Crippen molar-refractivity contribution in [3.8, 4) is 0 Å². The molecule has 0 aliphatic heterocycles. The van der Waals surface area contributed by atoms with Crippen molar-refractivity contribution in [2.24, 2.45) is 0 Å². The monoisotopic (exact) mass is 997 g/mol. The van der Waals surface area contributed by atoms with Crippen LogP contribution in [0.5, 0.6) is 0 Å². The number of amides is 1. The summed E-state index contributed by atoms with van der Waals surface area (Å²) in [6.07, 6.45) is 73.2. The van der Waals surface area contributed by atoms with E-state index in [1.165, 1.54) is 116 Å². The number of carbonyl (C=O) groups is 1. The summed E-state index contributed by atoms with van der Waals surface area (Å²) in [6.45, 7) is 4.57. The number of unbranched alkanes of at least 4 members (excludes halogenated alkanes) is 22. The maximum atomic E-state index is 12.9. The second-order valence-corrected chi connectivity index (χ2v) is 21.7. The Balaban J connectivity index is 3.93. The number of allylic oxidation sites excluding steroid dienone is 16. The van der Waals surface area contributed by atoms with E-state index in [0.29, 0.717) is 23.9 Å². The van der Waals surface area contributed by atoms with Gasteiger partial charge in [-0.3, -0.25) is 9.36 Å². The zero-order valence-corrected chi connectivity index (χ0v) is 46.8. The Labute approximate surface area is 432 Å². The first-order valence-electron chi connectivity index (χ1n) is 28.6. The highest BCUT2D eigenvalue weighted by Crippen LogP contribution is 2.38. The molecule has 1 amide bonds. The Hall–Kier alpha value is -2.58. The zero-order chi connectivity index (χ0) is 51.3. The van der Waals surface area contributed by atoms with Gasteiger partial charge < -0.3 is 28.8 Å². The van der Waals surface area contributed by atoms with Gasteiger partial charge in [0, 0.05) is 6.42 Å². The summed E-state index contributed by atoms with van der Waals surface area (Å²) < 4.78 is 23.3. The Morgan fingerprint density at radius 2 is 0.871 bits per heavy atom. The van der Waals surface area contributed by atoms with Crippen molar-refractivity contribution in [2.75, 3.05) is 40.9 Å². The summed E-state index contributed by atoms with van der Waals surface area (Å²) in [5.74, 6) is -0.171. The van der Waals surface area contributed by atoms with Crippen LogP contribution in [0.4, 0.5) is 0 Å². The second kappa shape index (κ2) is 51.3. The van der Waals surface area contributed by atoms with E-state index in [1.54, 1.807) is 0 Å². The first kappa shape index (κ1) is 67.4. The molecule has 8 nitrogen and oxygen atoms in total. The summed E-state index contributed by atoms with van der Waals surface area (Å²) in [5.41, 5.74) is 0. The molecule has 3 unspecified atom stereocenters. The molecule has 9 heteroatoms. The van der Waals surface area contributed by atoms with Crippen molar-refractivity contribution in [2.45, 2.75) is 244 Å². The molecule has 0 heterocycles. The lowest BCUT2D eigenvalue weighted by Gasteiger charge is -2.30. The number of hydrogen-bond acceptors (Lipinski definition) is 6. The van der Waals surface area contributed by atoms with E-state index in [2.05, 4.69) is 116 Å². The Kier molecular flexibility index (Phi) is 49.4. The third kappa shape index (κ3) is 53.2. The van der Waals surface area contributed by atoms with E-state index in [0.717, 1.165) is 89.9 Å². The molecule has 0 aliphatic rings. The van der Waals surface area contributed by atoms with Gasteiger partial charge >= 0.3 is 0 Å². The van der Waals surface area contributed by atoms with Crippen LogP contribution >= 0.6 is 7.82 Å². The first-order chi connectivity index (χ1) is 34.0. The number of hydrogen-bond donors (Lipinski definition) is 2. The van der Waals surface area contributed by atoms with Crippen molar-refractivity contribution in [1.82, 2.24) is 5.32 Å². The van der Waals surface area contributed by atoms with Crippen LogP contribution in [0, 0.1) is 0 Å². The minimum atomic E-state index is -4.57. The molecule has 0 spiro atoms. The topological polar surface area (TPSA) is 108 Å². The van der Waals surface area contributed by atoms with E-state index in [4.69, 9.17) is 9.05 Å². The number of likely N-dealkylation sites (N-methyl/N-ethyl adjacent to an activating group) is 1. The fourth-order valence-corrected chi connectivity index (χ4v) is 8.60. The van der Waals surface area contributed by atoms with E-state index < -0.39 is 20.0 Å². The standard InChI is InChI=1S/C61H109N2O6P/c1-6-8-10-12-14-16-17-18-19-20-21-22-23-24-25-26-27-28-29-30-31-32-33-34-35-36-37-38-39-40-41-42-43-44-45-47-49-51-53-55-61(65)62-59(58-69-70(66,67)68-57-56-63(3,4)5)60(64)54-52-50-48-46-15-13-11-9-7-2/h8,10,14,16,18-19,21-22,24-25,27-28,30-31,33-34,59-60,64H,6-7,9,11-13,15,17,20,23,26,29,32,35-58H2,1-5H3,(H-,62,65,66,67)/b10-8-,16-14-,19-18-,22-21-,25-24-,28-27-,31-30-,34-33-. The lowest BCUT2D eigenvalue weighted by molar-refractivity contribution is -0.870. The van der Waals surface area contributed by atoms with Gasteiger partial charge in [0.25, 0.3) is 7.82 Å².